The van der Waals surface area contributed by atoms with Gasteiger partial charge < -0.3 is 9.47 Å². The van der Waals surface area contributed by atoms with Crippen molar-refractivity contribution in [3.63, 3.8) is 0 Å². The van der Waals surface area contributed by atoms with Crippen LogP contribution in [0.25, 0.3) is 0 Å². The minimum atomic E-state index is -1.72. The summed E-state index contributed by atoms with van der Waals surface area (Å²) in [6.07, 6.45) is -0.195. The van der Waals surface area contributed by atoms with Gasteiger partial charge in [0, 0.05) is 11.8 Å². The second kappa shape index (κ2) is 7.61. The fourth-order valence-corrected chi connectivity index (χ4v) is 3.55. The Kier molecular flexibility index (Phi) is 5.77. The van der Waals surface area contributed by atoms with Crippen molar-refractivity contribution >= 4 is 25.5 Å². The van der Waals surface area contributed by atoms with Gasteiger partial charge in [-0.05, 0) is 12.5 Å². The lowest BCUT2D eigenvalue weighted by Crippen LogP contribution is -2.40. The summed E-state index contributed by atoms with van der Waals surface area (Å²) in [5.41, 5.74) is 0.882. The van der Waals surface area contributed by atoms with Crippen molar-refractivity contribution < 1.29 is 19.1 Å². The summed E-state index contributed by atoms with van der Waals surface area (Å²) in [5, 5.41) is 6.45. The largest absolute Gasteiger partial charge is 0.464 e. The topological polar surface area (TPSA) is 68.2 Å². The summed E-state index contributed by atoms with van der Waals surface area (Å²) in [4.78, 5) is 24.6. The van der Waals surface area contributed by atoms with Gasteiger partial charge in [-0.1, -0.05) is 50.0 Å². The first kappa shape index (κ1) is 18.2. The van der Waals surface area contributed by atoms with Crippen LogP contribution in [0.2, 0.25) is 19.6 Å². The zero-order chi connectivity index (χ0) is 17.7. The van der Waals surface area contributed by atoms with Gasteiger partial charge in [0.1, 0.15) is 6.61 Å². The molecule has 1 amide bonds. The number of carbonyl (C=O) groups is 2. The molecule has 6 nitrogen and oxygen atoms in total. The second-order valence-corrected chi connectivity index (χ2v) is 11.7. The van der Waals surface area contributed by atoms with E-state index in [-0.39, 0.29) is 13.2 Å². The zero-order valence-electron chi connectivity index (χ0n) is 14.6. The molecule has 7 heteroatoms. The van der Waals surface area contributed by atoms with Gasteiger partial charge >= 0.3 is 12.1 Å². The molecule has 1 atom stereocenters. The van der Waals surface area contributed by atoms with Crippen LogP contribution < -0.4 is 0 Å². The van der Waals surface area contributed by atoms with Crippen LogP contribution >= 0.6 is 0 Å². The van der Waals surface area contributed by atoms with E-state index in [0.29, 0.717) is 6.42 Å². The van der Waals surface area contributed by atoms with Crippen LogP contribution in [0.3, 0.4) is 0 Å². The molecule has 0 N–H and O–H groups in total. The lowest BCUT2D eigenvalue weighted by molar-refractivity contribution is -0.148. The molecule has 1 heterocycles. The van der Waals surface area contributed by atoms with Crippen molar-refractivity contribution in [3.05, 3.63) is 35.9 Å². The van der Waals surface area contributed by atoms with E-state index in [9.17, 15) is 9.59 Å². The maximum absolute atomic E-state index is 12.4. The molecule has 0 radical (unpaired) electrons. The van der Waals surface area contributed by atoms with Crippen LogP contribution in [-0.4, -0.2) is 43.1 Å². The molecule has 0 bridgehead atoms. The van der Waals surface area contributed by atoms with Crippen LogP contribution in [0.4, 0.5) is 4.79 Å². The maximum atomic E-state index is 12.4. The zero-order valence-corrected chi connectivity index (χ0v) is 15.6. The van der Waals surface area contributed by atoms with Crippen LogP contribution in [0.5, 0.6) is 0 Å². The van der Waals surface area contributed by atoms with Gasteiger partial charge in [0.25, 0.3) is 0 Å². The molecule has 0 saturated carbocycles. The van der Waals surface area contributed by atoms with Gasteiger partial charge in [-0.15, -0.1) is 0 Å². The van der Waals surface area contributed by atoms with E-state index in [0.717, 1.165) is 15.9 Å². The lowest BCUT2D eigenvalue weighted by atomic mass is 10.2. The number of nitrogens with zero attached hydrogens (tertiary/aromatic N) is 2. The molecule has 0 fully saturated rings. The minimum absolute atomic E-state index is 0.142. The van der Waals surface area contributed by atoms with Crippen LogP contribution in [0.1, 0.15) is 18.9 Å². The van der Waals surface area contributed by atoms with Crippen molar-refractivity contribution in [2.24, 2.45) is 5.10 Å². The molecule has 1 aliphatic heterocycles. The van der Waals surface area contributed by atoms with E-state index in [2.05, 4.69) is 24.7 Å². The number of amides is 1. The van der Waals surface area contributed by atoms with Gasteiger partial charge in [-0.2, -0.15) is 10.1 Å². The number of hydrogen-bond acceptors (Lipinski definition) is 5. The van der Waals surface area contributed by atoms with Crippen molar-refractivity contribution in [2.75, 3.05) is 6.61 Å². The predicted octanol–water partition coefficient (Wildman–Crippen LogP) is 3.19. The number of benzene rings is 1. The summed E-state index contributed by atoms with van der Waals surface area (Å²) in [5.74, 6) is -0.439. The van der Waals surface area contributed by atoms with Gasteiger partial charge in [0.15, 0.2) is 6.04 Å². The van der Waals surface area contributed by atoms with Crippen LogP contribution in [0, 0.1) is 0 Å². The first-order valence-electron chi connectivity index (χ1n) is 8.07. The Labute approximate surface area is 143 Å². The highest BCUT2D eigenvalue weighted by molar-refractivity contribution is 7.04. The first-order valence-corrected chi connectivity index (χ1v) is 11.6. The Hall–Kier alpha value is -2.15. The SMILES string of the molecule is CCOC(=O)[C@@H]1CC([Si](C)(C)C)=NN1C(=O)OCc1ccccc1. The maximum Gasteiger partial charge on any atom is 0.431 e. The summed E-state index contributed by atoms with van der Waals surface area (Å²) in [7, 11) is -1.72. The summed E-state index contributed by atoms with van der Waals surface area (Å²) in [6, 6.07) is 8.67. The fraction of sp³-hybridized carbons (Fsp3) is 0.471. The third kappa shape index (κ3) is 4.44. The molecule has 0 spiro atoms. The number of esters is 1. The molecule has 1 aromatic carbocycles. The standard InChI is InChI=1S/C17H24N2O4Si/c1-5-22-16(20)14-11-15(24(2,3)4)18-19(14)17(21)23-12-13-9-7-6-8-10-13/h6-10,14H,5,11-12H2,1-4H3/t14-/m0/s1. The van der Waals surface area contributed by atoms with E-state index in [1.54, 1.807) is 6.92 Å². The predicted molar refractivity (Wildman–Crippen MR) is 94.3 cm³/mol. The Morgan fingerprint density at radius 3 is 2.46 bits per heavy atom. The van der Waals surface area contributed by atoms with E-state index in [4.69, 9.17) is 9.47 Å². The summed E-state index contributed by atoms with van der Waals surface area (Å²) >= 11 is 0. The third-order valence-electron chi connectivity index (χ3n) is 3.73. The molecule has 2 rings (SSSR count). The number of hydrazone groups is 1. The van der Waals surface area contributed by atoms with Gasteiger partial charge in [-0.25, -0.2) is 9.59 Å². The molecule has 0 aliphatic carbocycles. The number of carbonyl (C=O) groups excluding carboxylic acids is 2. The number of rotatable bonds is 5. The molecule has 1 aromatic rings. The molecule has 24 heavy (non-hydrogen) atoms. The molecule has 0 aromatic heterocycles. The lowest BCUT2D eigenvalue weighted by Gasteiger charge is -2.19. The molecular formula is C17H24N2O4Si. The van der Waals surface area contributed by atoms with Crippen molar-refractivity contribution in [3.8, 4) is 0 Å². The van der Waals surface area contributed by atoms with Gasteiger partial charge in [0.2, 0.25) is 0 Å². The highest BCUT2D eigenvalue weighted by Gasteiger charge is 2.42. The molecule has 1 aliphatic rings. The Morgan fingerprint density at radius 1 is 1.21 bits per heavy atom. The van der Waals surface area contributed by atoms with Crippen LogP contribution in [0.15, 0.2) is 35.4 Å². The highest BCUT2D eigenvalue weighted by Crippen LogP contribution is 2.23. The molecule has 0 saturated heterocycles. The average Bonchev–Trinajstić information content (AvgIpc) is 2.99. The normalized spacial score (nSPS) is 17.4. The Bertz CT molecular complexity index is 625. The van der Waals surface area contributed by atoms with Gasteiger partial charge in [0.05, 0.1) is 14.7 Å². The van der Waals surface area contributed by atoms with E-state index in [1.165, 1.54) is 0 Å². The fourth-order valence-electron chi connectivity index (χ4n) is 2.34. The third-order valence-corrected chi connectivity index (χ3v) is 5.76. The Balaban J connectivity index is 2.11. The quantitative estimate of drug-likeness (QED) is 0.605. The minimum Gasteiger partial charge on any atom is -0.464 e. The molecular weight excluding hydrogens is 324 g/mol. The average molecular weight is 348 g/mol. The molecule has 130 valence electrons. The monoisotopic (exact) mass is 348 g/mol. The first-order chi connectivity index (χ1) is 11.3. The summed E-state index contributed by atoms with van der Waals surface area (Å²) in [6.45, 7) is 8.55. The van der Waals surface area contributed by atoms with Crippen molar-refractivity contribution in [1.82, 2.24) is 5.01 Å². The summed E-state index contributed by atoms with van der Waals surface area (Å²) < 4.78 is 10.4. The second-order valence-electron chi connectivity index (χ2n) is 6.65. The Morgan fingerprint density at radius 2 is 1.88 bits per heavy atom. The highest BCUT2D eigenvalue weighted by atomic mass is 28.3. The molecule has 0 unspecified atom stereocenters. The van der Waals surface area contributed by atoms with Crippen molar-refractivity contribution in [1.29, 1.82) is 0 Å². The van der Waals surface area contributed by atoms with Crippen LogP contribution in [-0.2, 0) is 20.9 Å². The van der Waals surface area contributed by atoms with E-state index >= 15 is 0 Å². The van der Waals surface area contributed by atoms with Gasteiger partial charge in [-0.3, -0.25) is 0 Å². The van der Waals surface area contributed by atoms with E-state index in [1.807, 2.05) is 30.3 Å². The van der Waals surface area contributed by atoms with Crippen molar-refractivity contribution in [2.45, 2.75) is 45.6 Å². The number of ether oxygens (including phenoxy) is 2. The van der Waals surface area contributed by atoms with E-state index < -0.39 is 26.2 Å². The smallest absolute Gasteiger partial charge is 0.431 e. The number of hydrogen-bond donors (Lipinski definition) is 0.